The van der Waals surface area contributed by atoms with Gasteiger partial charge in [0.1, 0.15) is 11.6 Å². The number of carbonyl (C=O) groups is 1. The smallest absolute Gasteiger partial charge is 0.246 e. The topological polar surface area (TPSA) is 58.6 Å². The van der Waals surface area contributed by atoms with Crippen molar-refractivity contribution < 1.29 is 9.53 Å². The van der Waals surface area contributed by atoms with Crippen LogP contribution < -0.4 is 9.64 Å². The molecule has 1 fully saturated rings. The van der Waals surface area contributed by atoms with Gasteiger partial charge in [0.15, 0.2) is 0 Å². The molecule has 1 saturated heterocycles. The summed E-state index contributed by atoms with van der Waals surface area (Å²) in [6.07, 6.45) is 3.34. The molecule has 0 N–H and O–H groups in total. The molecule has 0 bridgehead atoms. The Labute approximate surface area is 158 Å². The number of amides is 1. The second-order valence-corrected chi connectivity index (χ2v) is 6.39. The number of halogens is 1. The van der Waals surface area contributed by atoms with Crippen LogP contribution in [0, 0.1) is 6.92 Å². The van der Waals surface area contributed by atoms with Crippen LogP contribution in [0.3, 0.4) is 0 Å². The molecule has 0 atom stereocenters. The molecule has 1 amide bonds. The Morgan fingerprint density at radius 2 is 1.92 bits per heavy atom. The Hall–Kier alpha value is -2.60. The van der Waals surface area contributed by atoms with E-state index in [1.165, 1.54) is 0 Å². The molecule has 0 saturated carbocycles. The summed E-state index contributed by atoms with van der Waals surface area (Å²) in [7, 11) is 1.59. The molecule has 0 aliphatic carbocycles. The lowest BCUT2D eigenvalue weighted by molar-refractivity contribution is -0.126. The Kier molecular flexibility index (Phi) is 5.73. The van der Waals surface area contributed by atoms with Crippen LogP contribution in [0.2, 0.25) is 5.02 Å². The fraction of sp³-hybridized carbons (Fsp3) is 0.316. The first kappa shape index (κ1) is 18.2. The van der Waals surface area contributed by atoms with Crippen molar-refractivity contribution >= 4 is 29.4 Å². The van der Waals surface area contributed by atoms with Gasteiger partial charge in [-0.1, -0.05) is 29.8 Å². The molecule has 3 rings (SSSR count). The monoisotopic (exact) mass is 372 g/mol. The third kappa shape index (κ3) is 4.32. The van der Waals surface area contributed by atoms with Gasteiger partial charge in [-0.2, -0.15) is 4.98 Å². The summed E-state index contributed by atoms with van der Waals surface area (Å²) in [5.74, 6) is 2.03. The van der Waals surface area contributed by atoms with Crippen LogP contribution in [0.1, 0.15) is 11.4 Å². The van der Waals surface area contributed by atoms with Crippen molar-refractivity contribution in [2.45, 2.75) is 6.92 Å². The van der Waals surface area contributed by atoms with Gasteiger partial charge in [-0.15, -0.1) is 0 Å². The van der Waals surface area contributed by atoms with Crippen LogP contribution in [-0.4, -0.2) is 54.1 Å². The molecule has 1 aromatic carbocycles. The molecule has 1 aliphatic rings. The van der Waals surface area contributed by atoms with Gasteiger partial charge in [-0.3, -0.25) is 4.79 Å². The minimum atomic E-state index is -0.0129. The number of rotatable bonds is 4. The van der Waals surface area contributed by atoms with Gasteiger partial charge >= 0.3 is 0 Å². The van der Waals surface area contributed by atoms with Crippen molar-refractivity contribution in [3.8, 4) is 5.88 Å². The maximum atomic E-state index is 12.4. The molecule has 2 aromatic rings. The van der Waals surface area contributed by atoms with Crippen molar-refractivity contribution in [1.82, 2.24) is 14.9 Å². The summed E-state index contributed by atoms with van der Waals surface area (Å²) in [6, 6.07) is 9.27. The summed E-state index contributed by atoms with van der Waals surface area (Å²) in [4.78, 5) is 25.0. The van der Waals surface area contributed by atoms with Crippen LogP contribution in [0.15, 0.2) is 36.4 Å². The van der Waals surface area contributed by atoms with E-state index in [0.29, 0.717) is 42.9 Å². The van der Waals surface area contributed by atoms with E-state index in [2.05, 4.69) is 14.9 Å². The quantitative estimate of drug-likeness (QED) is 0.772. The molecule has 2 heterocycles. The minimum absolute atomic E-state index is 0.0129. The SMILES string of the molecule is COc1cc(N2CCN(C(=O)/C=C/c3ccccc3Cl)CC2)nc(C)n1. The fourth-order valence-corrected chi connectivity index (χ4v) is 3.02. The van der Waals surface area contributed by atoms with Gasteiger partial charge in [-0.25, -0.2) is 4.98 Å². The molecule has 0 spiro atoms. The molecular weight excluding hydrogens is 352 g/mol. The zero-order valence-electron chi connectivity index (χ0n) is 14.9. The lowest BCUT2D eigenvalue weighted by Crippen LogP contribution is -2.48. The highest BCUT2D eigenvalue weighted by Crippen LogP contribution is 2.19. The van der Waals surface area contributed by atoms with E-state index in [1.807, 2.05) is 42.2 Å². The van der Waals surface area contributed by atoms with Crippen molar-refractivity contribution in [2.24, 2.45) is 0 Å². The number of piperazine rings is 1. The Morgan fingerprint density at radius 1 is 1.19 bits per heavy atom. The molecule has 136 valence electrons. The van der Waals surface area contributed by atoms with Crippen LogP contribution in [-0.2, 0) is 4.79 Å². The average molecular weight is 373 g/mol. The van der Waals surface area contributed by atoms with E-state index >= 15 is 0 Å². The van der Waals surface area contributed by atoms with Gasteiger partial charge < -0.3 is 14.5 Å². The first-order valence-corrected chi connectivity index (χ1v) is 8.81. The first-order valence-electron chi connectivity index (χ1n) is 8.43. The van der Waals surface area contributed by atoms with Gasteiger partial charge in [0.25, 0.3) is 0 Å². The lowest BCUT2D eigenvalue weighted by Gasteiger charge is -2.35. The van der Waals surface area contributed by atoms with E-state index in [-0.39, 0.29) is 5.91 Å². The number of aromatic nitrogens is 2. The van der Waals surface area contributed by atoms with Crippen molar-refractivity contribution in [3.05, 3.63) is 52.8 Å². The van der Waals surface area contributed by atoms with Gasteiger partial charge in [-0.05, 0) is 24.6 Å². The molecule has 0 radical (unpaired) electrons. The van der Waals surface area contributed by atoms with Crippen molar-refractivity contribution in [2.75, 3.05) is 38.2 Å². The highest BCUT2D eigenvalue weighted by Gasteiger charge is 2.21. The number of nitrogens with zero attached hydrogens (tertiary/aromatic N) is 4. The molecule has 26 heavy (non-hydrogen) atoms. The Balaban J connectivity index is 1.60. The summed E-state index contributed by atoms with van der Waals surface area (Å²) in [5.41, 5.74) is 0.838. The average Bonchev–Trinajstić information content (AvgIpc) is 2.66. The van der Waals surface area contributed by atoms with Gasteiger partial charge in [0.05, 0.1) is 7.11 Å². The van der Waals surface area contributed by atoms with Crippen LogP contribution in [0.25, 0.3) is 6.08 Å². The third-order valence-electron chi connectivity index (χ3n) is 4.24. The first-order chi connectivity index (χ1) is 12.6. The molecule has 0 unspecified atom stereocenters. The summed E-state index contributed by atoms with van der Waals surface area (Å²) in [6.45, 7) is 4.54. The molecule has 6 nitrogen and oxygen atoms in total. The second kappa shape index (κ2) is 8.19. The summed E-state index contributed by atoms with van der Waals surface area (Å²) < 4.78 is 5.21. The van der Waals surface area contributed by atoms with Crippen molar-refractivity contribution in [1.29, 1.82) is 0 Å². The predicted molar refractivity (Wildman–Crippen MR) is 103 cm³/mol. The van der Waals surface area contributed by atoms with Crippen LogP contribution in [0.5, 0.6) is 5.88 Å². The zero-order valence-corrected chi connectivity index (χ0v) is 15.6. The molecular formula is C19H21ClN4O2. The second-order valence-electron chi connectivity index (χ2n) is 5.98. The fourth-order valence-electron chi connectivity index (χ4n) is 2.82. The van der Waals surface area contributed by atoms with E-state index < -0.39 is 0 Å². The summed E-state index contributed by atoms with van der Waals surface area (Å²) >= 11 is 6.11. The maximum Gasteiger partial charge on any atom is 0.246 e. The predicted octanol–water partition coefficient (Wildman–Crippen LogP) is 2.81. The Bertz CT molecular complexity index is 817. The molecule has 1 aliphatic heterocycles. The van der Waals surface area contributed by atoms with Crippen molar-refractivity contribution in [3.63, 3.8) is 0 Å². The third-order valence-corrected chi connectivity index (χ3v) is 4.58. The number of methoxy groups -OCH3 is 1. The standard InChI is InChI=1S/C19H21ClN4O2/c1-14-21-17(13-18(22-14)26-2)23-9-11-24(12-10-23)19(25)8-7-15-5-3-4-6-16(15)20/h3-8,13H,9-12H2,1-2H3/b8-7+. The van der Waals surface area contributed by atoms with Crippen LogP contribution in [0.4, 0.5) is 5.82 Å². The highest BCUT2D eigenvalue weighted by atomic mass is 35.5. The number of hydrogen-bond acceptors (Lipinski definition) is 5. The van der Waals surface area contributed by atoms with E-state index in [0.717, 1.165) is 11.4 Å². The number of aryl methyl sites for hydroxylation is 1. The zero-order chi connectivity index (χ0) is 18.5. The number of benzene rings is 1. The number of carbonyl (C=O) groups excluding carboxylic acids is 1. The number of ether oxygens (including phenoxy) is 1. The lowest BCUT2D eigenvalue weighted by atomic mass is 10.2. The van der Waals surface area contributed by atoms with Gasteiger partial charge in [0, 0.05) is 43.3 Å². The van der Waals surface area contributed by atoms with Gasteiger partial charge in [0.2, 0.25) is 11.8 Å². The number of anilines is 1. The highest BCUT2D eigenvalue weighted by molar-refractivity contribution is 6.32. The van der Waals surface area contributed by atoms with E-state index in [4.69, 9.17) is 16.3 Å². The summed E-state index contributed by atoms with van der Waals surface area (Å²) in [5, 5.41) is 0.634. The normalized spacial score (nSPS) is 14.7. The van der Waals surface area contributed by atoms with E-state index in [1.54, 1.807) is 19.3 Å². The number of hydrogen-bond donors (Lipinski definition) is 0. The molecule has 1 aromatic heterocycles. The molecule has 7 heteroatoms. The maximum absolute atomic E-state index is 12.4. The minimum Gasteiger partial charge on any atom is -0.481 e. The largest absolute Gasteiger partial charge is 0.481 e. The van der Waals surface area contributed by atoms with Crippen LogP contribution >= 0.6 is 11.6 Å². The van der Waals surface area contributed by atoms with E-state index in [9.17, 15) is 4.79 Å². The Morgan fingerprint density at radius 3 is 2.62 bits per heavy atom.